The standard InChI is InChI=1S/C14H15Cl2N/c1-10-3-2-6-14(8-10,9-17)11-4-5-12(15)13(16)7-11/h4-5,7,10H,2-3,6,8H2,1H3/t10-,14+/m1/s1. The number of nitrogens with zero attached hydrogens (tertiary/aromatic N) is 1. The molecule has 2 rings (SSSR count). The molecule has 0 unspecified atom stereocenters. The molecule has 0 spiro atoms. The number of nitriles is 1. The zero-order valence-corrected chi connectivity index (χ0v) is 11.4. The number of hydrogen-bond acceptors (Lipinski definition) is 1. The molecule has 1 aliphatic carbocycles. The van der Waals surface area contributed by atoms with Crippen LogP contribution in [0.25, 0.3) is 0 Å². The van der Waals surface area contributed by atoms with Gasteiger partial charge in [-0.25, -0.2) is 0 Å². The van der Waals surface area contributed by atoms with Gasteiger partial charge in [0.25, 0.3) is 0 Å². The molecule has 3 heteroatoms. The highest BCUT2D eigenvalue weighted by molar-refractivity contribution is 6.42. The van der Waals surface area contributed by atoms with Crippen LogP contribution in [0.2, 0.25) is 10.0 Å². The maximum Gasteiger partial charge on any atom is 0.0825 e. The van der Waals surface area contributed by atoms with Crippen molar-refractivity contribution < 1.29 is 0 Å². The van der Waals surface area contributed by atoms with Crippen LogP contribution in [0, 0.1) is 17.2 Å². The van der Waals surface area contributed by atoms with Crippen LogP contribution >= 0.6 is 23.2 Å². The molecular formula is C14H15Cl2N. The summed E-state index contributed by atoms with van der Waals surface area (Å²) in [4.78, 5) is 0. The van der Waals surface area contributed by atoms with Gasteiger partial charge < -0.3 is 0 Å². The Bertz CT molecular complexity index is 464. The van der Waals surface area contributed by atoms with Crippen LogP contribution in [0.1, 0.15) is 38.2 Å². The highest BCUT2D eigenvalue weighted by atomic mass is 35.5. The minimum atomic E-state index is -0.369. The van der Waals surface area contributed by atoms with Gasteiger partial charge in [-0.15, -0.1) is 0 Å². The molecule has 2 atom stereocenters. The van der Waals surface area contributed by atoms with E-state index in [0.29, 0.717) is 16.0 Å². The van der Waals surface area contributed by atoms with Crippen molar-refractivity contribution in [3.8, 4) is 6.07 Å². The molecule has 1 nitrogen and oxygen atoms in total. The Hall–Kier alpha value is -0.710. The van der Waals surface area contributed by atoms with Crippen LogP contribution in [0.3, 0.4) is 0 Å². The molecule has 17 heavy (non-hydrogen) atoms. The van der Waals surface area contributed by atoms with Gasteiger partial charge in [0.2, 0.25) is 0 Å². The molecule has 1 aliphatic rings. The second-order valence-corrected chi connectivity index (χ2v) is 5.84. The van der Waals surface area contributed by atoms with Gasteiger partial charge in [0.15, 0.2) is 0 Å². The Kier molecular flexibility index (Phi) is 3.66. The molecule has 0 amide bonds. The van der Waals surface area contributed by atoms with E-state index in [4.69, 9.17) is 23.2 Å². The van der Waals surface area contributed by atoms with E-state index < -0.39 is 0 Å². The molecule has 0 bridgehead atoms. The maximum absolute atomic E-state index is 9.55. The van der Waals surface area contributed by atoms with Gasteiger partial charge in [0, 0.05) is 0 Å². The Morgan fingerprint density at radius 3 is 2.71 bits per heavy atom. The summed E-state index contributed by atoms with van der Waals surface area (Å²) in [6.45, 7) is 2.21. The van der Waals surface area contributed by atoms with Crippen LogP contribution in [0.4, 0.5) is 0 Å². The van der Waals surface area contributed by atoms with Crippen molar-refractivity contribution in [1.82, 2.24) is 0 Å². The smallest absolute Gasteiger partial charge is 0.0825 e. The van der Waals surface area contributed by atoms with Gasteiger partial charge in [-0.3, -0.25) is 0 Å². The summed E-state index contributed by atoms with van der Waals surface area (Å²) >= 11 is 12.0. The van der Waals surface area contributed by atoms with E-state index in [0.717, 1.165) is 24.8 Å². The van der Waals surface area contributed by atoms with Gasteiger partial charge >= 0.3 is 0 Å². The first-order valence-electron chi connectivity index (χ1n) is 5.94. The van der Waals surface area contributed by atoms with E-state index in [1.54, 1.807) is 6.07 Å². The fourth-order valence-corrected chi connectivity index (χ4v) is 3.07. The van der Waals surface area contributed by atoms with Crippen molar-refractivity contribution in [3.63, 3.8) is 0 Å². The summed E-state index contributed by atoms with van der Waals surface area (Å²) in [6, 6.07) is 8.09. The highest BCUT2D eigenvalue weighted by Crippen LogP contribution is 2.42. The van der Waals surface area contributed by atoms with Crippen LogP contribution < -0.4 is 0 Å². The first-order valence-corrected chi connectivity index (χ1v) is 6.70. The molecule has 0 aliphatic heterocycles. The third-order valence-electron chi connectivity index (χ3n) is 3.68. The molecule has 0 heterocycles. The highest BCUT2D eigenvalue weighted by Gasteiger charge is 2.37. The number of benzene rings is 1. The fraction of sp³-hybridized carbons (Fsp3) is 0.500. The lowest BCUT2D eigenvalue weighted by Crippen LogP contribution is -2.30. The number of halogens is 2. The molecular weight excluding hydrogens is 253 g/mol. The van der Waals surface area contributed by atoms with Gasteiger partial charge in [-0.1, -0.05) is 49.0 Å². The van der Waals surface area contributed by atoms with Crippen LogP contribution in [0.5, 0.6) is 0 Å². The molecule has 0 saturated heterocycles. The van der Waals surface area contributed by atoms with Crippen molar-refractivity contribution in [2.24, 2.45) is 5.92 Å². The summed E-state index contributed by atoms with van der Waals surface area (Å²) in [5.41, 5.74) is 0.646. The third-order valence-corrected chi connectivity index (χ3v) is 4.42. The SMILES string of the molecule is C[C@@H]1CCC[C@](C#N)(c2ccc(Cl)c(Cl)c2)C1. The fourth-order valence-electron chi connectivity index (χ4n) is 2.77. The topological polar surface area (TPSA) is 23.8 Å². The summed E-state index contributed by atoms with van der Waals surface area (Å²) in [5, 5.41) is 10.6. The average Bonchev–Trinajstić information content (AvgIpc) is 2.32. The Morgan fingerprint density at radius 1 is 1.35 bits per heavy atom. The van der Waals surface area contributed by atoms with E-state index >= 15 is 0 Å². The lowest BCUT2D eigenvalue weighted by molar-refractivity contribution is 0.287. The van der Waals surface area contributed by atoms with Crippen LogP contribution in [-0.2, 0) is 5.41 Å². The van der Waals surface area contributed by atoms with E-state index in [2.05, 4.69) is 13.0 Å². The Balaban J connectivity index is 2.41. The van der Waals surface area contributed by atoms with Crippen LogP contribution in [0.15, 0.2) is 18.2 Å². The molecule has 0 aromatic heterocycles. The Labute approximate surface area is 112 Å². The average molecular weight is 268 g/mol. The predicted molar refractivity (Wildman–Crippen MR) is 71.4 cm³/mol. The van der Waals surface area contributed by atoms with E-state index in [-0.39, 0.29) is 5.41 Å². The molecule has 0 radical (unpaired) electrons. The summed E-state index contributed by atoms with van der Waals surface area (Å²) in [7, 11) is 0. The number of rotatable bonds is 1. The normalized spacial score (nSPS) is 28.7. The maximum atomic E-state index is 9.55. The van der Waals surface area contributed by atoms with Gasteiger partial charge in [0.1, 0.15) is 0 Å². The predicted octanol–water partition coefficient (Wildman–Crippen LogP) is 4.96. The largest absolute Gasteiger partial charge is 0.197 e. The molecule has 90 valence electrons. The first kappa shape index (κ1) is 12.7. The Morgan fingerprint density at radius 2 is 2.12 bits per heavy atom. The second kappa shape index (κ2) is 4.88. The quantitative estimate of drug-likeness (QED) is 0.705. The van der Waals surface area contributed by atoms with E-state index in [1.165, 1.54) is 6.42 Å². The molecule has 0 N–H and O–H groups in total. The second-order valence-electron chi connectivity index (χ2n) is 5.02. The molecule has 1 aromatic rings. The summed E-state index contributed by atoms with van der Waals surface area (Å²) < 4.78 is 0. The van der Waals surface area contributed by atoms with Gasteiger partial charge in [0.05, 0.1) is 21.5 Å². The van der Waals surface area contributed by atoms with E-state index in [9.17, 15) is 5.26 Å². The van der Waals surface area contributed by atoms with Crippen molar-refractivity contribution in [3.05, 3.63) is 33.8 Å². The lowest BCUT2D eigenvalue weighted by atomic mass is 9.67. The van der Waals surface area contributed by atoms with Crippen molar-refractivity contribution in [1.29, 1.82) is 5.26 Å². The minimum Gasteiger partial charge on any atom is -0.197 e. The zero-order chi connectivity index (χ0) is 12.5. The first-order chi connectivity index (χ1) is 8.07. The lowest BCUT2D eigenvalue weighted by Gasteiger charge is -2.34. The van der Waals surface area contributed by atoms with Gasteiger partial charge in [-0.2, -0.15) is 5.26 Å². The monoisotopic (exact) mass is 267 g/mol. The van der Waals surface area contributed by atoms with Crippen molar-refractivity contribution in [2.45, 2.75) is 38.0 Å². The number of hydrogen-bond donors (Lipinski definition) is 0. The van der Waals surface area contributed by atoms with Crippen LogP contribution in [-0.4, -0.2) is 0 Å². The third kappa shape index (κ3) is 2.44. The zero-order valence-electron chi connectivity index (χ0n) is 9.84. The minimum absolute atomic E-state index is 0.369. The molecule has 1 fully saturated rings. The van der Waals surface area contributed by atoms with Crippen molar-refractivity contribution >= 4 is 23.2 Å². The van der Waals surface area contributed by atoms with E-state index in [1.807, 2.05) is 12.1 Å². The molecule has 1 saturated carbocycles. The summed E-state index contributed by atoms with van der Waals surface area (Å²) in [6.07, 6.45) is 4.16. The summed E-state index contributed by atoms with van der Waals surface area (Å²) in [5.74, 6) is 0.595. The van der Waals surface area contributed by atoms with Gasteiger partial charge in [-0.05, 0) is 36.5 Å². The molecule has 1 aromatic carbocycles. The van der Waals surface area contributed by atoms with Crippen molar-refractivity contribution in [2.75, 3.05) is 0 Å².